The molecule has 148 valence electrons. The molecule has 3 rings (SSSR count). The highest BCUT2D eigenvalue weighted by Crippen LogP contribution is 2.30. The van der Waals surface area contributed by atoms with E-state index in [1.54, 1.807) is 18.2 Å². The molecule has 0 spiro atoms. The fourth-order valence-electron chi connectivity index (χ4n) is 2.98. The van der Waals surface area contributed by atoms with E-state index in [1.165, 1.54) is 25.6 Å². The van der Waals surface area contributed by atoms with Gasteiger partial charge in [-0.2, -0.15) is 4.68 Å². The minimum absolute atomic E-state index is 0.313. The van der Waals surface area contributed by atoms with Crippen LogP contribution in [0.1, 0.15) is 29.8 Å². The van der Waals surface area contributed by atoms with Crippen molar-refractivity contribution in [2.24, 2.45) is 0 Å². The molecule has 28 heavy (non-hydrogen) atoms. The standard InChI is InChI=1S/C19H22N4O4S/c1-6-14(17(24)20-13-9-12(26-4)7-8-15(13)27-5)23-19(25)16-10(2)11(3)28-18(16)21-22-23/h7-9,14H,6H2,1-5H3,(H,20,24). The van der Waals surface area contributed by atoms with Gasteiger partial charge in [0.25, 0.3) is 5.56 Å². The number of anilines is 1. The lowest BCUT2D eigenvalue weighted by Gasteiger charge is -2.17. The van der Waals surface area contributed by atoms with Crippen LogP contribution in [-0.2, 0) is 4.79 Å². The van der Waals surface area contributed by atoms with Crippen molar-refractivity contribution in [3.8, 4) is 11.5 Å². The number of ether oxygens (including phenoxy) is 2. The van der Waals surface area contributed by atoms with Crippen molar-refractivity contribution in [2.75, 3.05) is 19.5 Å². The zero-order valence-electron chi connectivity index (χ0n) is 16.4. The third kappa shape index (κ3) is 3.45. The average molecular weight is 402 g/mol. The van der Waals surface area contributed by atoms with Crippen LogP contribution in [0, 0.1) is 13.8 Å². The first-order chi connectivity index (χ1) is 13.4. The summed E-state index contributed by atoms with van der Waals surface area (Å²) in [6.45, 7) is 5.63. The largest absolute Gasteiger partial charge is 0.497 e. The van der Waals surface area contributed by atoms with E-state index in [2.05, 4.69) is 15.6 Å². The molecule has 3 aromatic rings. The minimum atomic E-state index is -0.806. The first-order valence-corrected chi connectivity index (χ1v) is 9.61. The topological polar surface area (TPSA) is 95.3 Å². The highest BCUT2D eigenvalue weighted by molar-refractivity contribution is 7.18. The van der Waals surface area contributed by atoms with Crippen LogP contribution in [0.4, 0.5) is 5.69 Å². The molecule has 0 saturated carbocycles. The fourth-order valence-corrected chi connectivity index (χ4v) is 3.94. The molecule has 1 aromatic carbocycles. The minimum Gasteiger partial charge on any atom is -0.497 e. The van der Waals surface area contributed by atoms with Crippen LogP contribution >= 0.6 is 11.3 Å². The van der Waals surface area contributed by atoms with Gasteiger partial charge in [0.05, 0.1) is 25.3 Å². The normalized spacial score (nSPS) is 12.0. The summed E-state index contributed by atoms with van der Waals surface area (Å²) in [6.07, 6.45) is 0.375. The number of carbonyl (C=O) groups excluding carboxylic acids is 1. The molecule has 1 atom stereocenters. The van der Waals surface area contributed by atoms with Gasteiger partial charge in [-0.15, -0.1) is 16.4 Å². The van der Waals surface area contributed by atoms with Crippen molar-refractivity contribution in [3.63, 3.8) is 0 Å². The lowest BCUT2D eigenvalue weighted by atomic mass is 10.2. The van der Waals surface area contributed by atoms with Gasteiger partial charge in [0, 0.05) is 10.9 Å². The van der Waals surface area contributed by atoms with Crippen molar-refractivity contribution in [1.29, 1.82) is 0 Å². The first kappa shape index (κ1) is 19.8. The van der Waals surface area contributed by atoms with Gasteiger partial charge in [-0.1, -0.05) is 12.1 Å². The molecule has 9 heteroatoms. The van der Waals surface area contributed by atoms with Crippen LogP contribution in [0.5, 0.6) is 11.5 Å². The van der Waals surface area contributed by atoms with Crippen molar-refractivity contribution >= 4 is 33.1 Å². The number of aryl methyl sites for hydroxylation is 2. The van der Waals surface area contributed by atoms with Gasteiger partial charge < -0.3 is 14.8 Å². The number of aromatic nitrogens is 3. The van der Waals surface area contributed by atoms with E-state index in [4.69, 9.17) is 9.47 Å². The van der Waals surface area contributed by atoms with E-state index < -0.39 is 6.04 Å². The number of rotatable bonds is 6. The Labute approximate surface area is 166 Å². The predicted molar refractivity (Wildman–Crippen MR) is 109 cm³/mol. The molecule has 0 aliphatic carbocycles. The van der Waals surface area contributed by atoms with Gasteiger partial charge in [-0.25, -0.2) is 0 Å². The average Bonchev–Trinajstić information content (AvgIpc) is 2.98. The molecule has 0 aliphatic rings. The van der Waals surface area contributed by atoms with Crippen molar-refractivity contribution < 1.29 is 14.3 Å². The molecule has 8 nitrogen and oxygen atoms in total. The molecule has 1 amide bonds. The van der Waals surface area contributed by atoms with E-state index >= 15 is 0 Å². The predicted octanol–water partition coefficient (Wildman–Crippen LogP) is 3.08. The number of carbonyl (C=O) groups is 1. The summed E-state index contributed by atoms with van der Waals surface area (Å²) in [5.41, 5.74) is 1.01. The second kappa shape index (κ2) is 7.97. The van der Waals surface area contributed by atoms with E-state index in [-0.39, 0.29) is 11.5 Å². The molecule has 0 bridgehead atoms. The van der Waals surface area contributed by atoms with E-state index in [9.17, 15) is 9.59 Å². The second-order valence-electron chi connectivity index (χ2n) is 6.28. The molecule has 2 aromatic heterocycles. The van der Waals surface area contributed by atoms with Gasteiger partial charge in [-0.05, 0) is 38.0 Å². The van der Waals surface area contributed by atoms with Crippen molar-refractivity contribution in [3.05, 3.63) is 39.0 Å². The van der Waals surface area contributed by atoms with Crippen LogP contribution < -0.4 is 20.3 Å². The maximum Gasteiger partial charge on any atom is 0.279 e. The molecule has 0 aliphatic heterocycles. The molecule has 0 saturated heterocycles. The number of benzene rings is 1. The summed E-state index contributed by atoms with van der Waals surface area (Å²) in [4.78, 5) is 27.5. The smallest absolute Gasteiger partial charge is 0.279 e. The Bertz CT molecular complexity index is 1090. The molecule has 0 fully saturated rings. The Morgan fingerprint density at radius 1 is 1.29 bits per heavy atom. The van der Waals surface area contributed by atoms with Crippen molar-refractivity contribution in [1.82, 2.24) is 15.0 Å². The van der Waals surface area contributed by atoms with Gasteiger partial charge in [0.2, 0.25) is 5.91 Å². The summed E-state index contributed by atoms with van der Waals surface area (Å²) in [5.74, 6) is 0.684. The molecule has 1 unspecified atom stereocenters. The maximum atomic E-state index is 13.0. The molecular weight excluding hydrogens is 380 g/mol. The SMILES string of the molecule is CCC(C(=O)Nc1cc(OC)ccc1OC)n1nnc2sc(C)c(C)c2c1=O. The zero-order chi connectivity index (χ0) is 20.4. The van der Waals surface area contributed by atoms with Crippen LogP contribution in [-0.4, -0.2) is 35.1 Å². The monoisotopic (exact) mass is 402 g/mol. The third-order valence-electron chi connectivity index (χ3n) is 4.67. The summed E-state index contributed by atoms with van der Waals surface area (Å²) >= 11 is 1.42. The van der Waals surface area contributed by atoms with Gasteiger partial charge in [-0.3, -0.25) is 9.59 Å². The number of hydrogen-bond acceptors (Lipinski definition) is 7. The number of nitrogens with zero attached hydrogens (tertiary/aromatic N) is 3. The molecule has 0 radical (unpaired) electrons. The number of methoxy groups -OCH3 is 2. The van der Waals surface area contributed by atoms with Crippen LogP contribution in [0.3, 0.4) is 0 Å². The first-order valence-electron chi connectivity index (χ1n) is 8.79. The number of fused-ring (bicyclic) bond motifs is 1. The highest BCUT2D eigenvalue weighted by Gasteiger charge is 2.25. The van der Waals surface area contributed by atoms with Crippen molar-refractivity contribution in [2.45, 2.75) is 33.2 Å². The second-order valence-corrected chi connectivity index (χ2v) is 7.49. The van der Waals surface area contributed by atoms with Crippen LogP contribution in [0.2, 0.25) is 0 Å². The highest BCUT2D eigenvalue weighted by atomic mass is 32.1. The number of nitrogens with one attached hydrogen (secondary N) is 1. The quantitative estimate of drug-likeness (QED) is 0.681. The summed E-state index contributed by atoms with van der Waals surface area (Å²) in [7, 11) is 3.05. The Morgan fingerprint density at radius 2 is 2.04 bits per heavy atom. The molecule has 1 N–H and O–H groups in total. The fraction of sp³-hybridized carbons (Fsp3) is 0.368. The van der Waals surface area contributed by atoms with Gasteiger partial charge in [0.15, 0.2) is 4.83 Å². The van der Waals surface area contributed by atoms with Gasteiger partial charge in [0.1, 0.15) is 17.5 Å². The van der Waals surface area contributed by atoms with Crippen LogP contribution in [0.15, 0.2) is 23.0 Å². The number of amides is 1. The van der Waals surface area contributed by atoms with Crippen LogP contribution in [0.25, 0.3) is 10.2 Å². The number of thiophene rings is 1. The van der Waals surface area contributed by atoms with E-state index in [1.807, 2.05) is 20.8 Å². The Kier molecular flexibility index (Phi) is 5.64. The number of hydrogen-bond donors (Lipinski definition) is 1. The Balaban J connectivity index is 1.99. The lowest BCUT2D eigenvalue weighted by Crippen LogP contribution is -2.35. The van der Waals surface area contributed by atoms with Gasteiger partial charge >= 0.3 is 0 Å². The summed E-state index contributed by atoms with van der Waals surface area (Å²) < 4.78 is 11.7. The molecular formula is C19H22N4O4S. The Hall–Kier alpha value is -2.94. The third-order valence-corrected chi connectivity index (χ3v) is 5.76. The van der Waals surface area contributed by atoms with E-state index in [0.717, 1.165) is 15.1 Å². The maximum absolute atomic E-state index is 13.0. The Morgan fingerprint density at radius 3 is 2.68 bits per heavy atom. The summed E-state index contributed by atoms with van der Waals surface area (Å²) in [5, 5.41) is 11.5. The molecule has 2 heterocycles. The zero-order valence-corrected chi connectivity index (χ0v) is 17.2. The lowest BCUT2D eigenvalue weighted by molar-refractivity contribution is -0.119. The van der Waals surface area contributed by atoms with E-state index in [0.29, 0.717) is 33.8 Å². The summed E-state index contributed by atoms with van der Waals surface area (Å²) in [6, 6.07) is 4.29.